The van der Waals surface area contributed by atoms with Crippen LogP contribution in [0.3, 0.4) is 0 Å². The number of rotatable bonds is 7. The van der Waals surface area contributed by atoms with Gasteiger partial charge in [-0.05, 0) is 48.7 Å². The summed E-state index contributed by atoms with van der Waals surface area (Å²) >= 11 is 0. The Labute approximate surface area is 122 Å². The van der Waals surface area contributed by atoms with Crippen molar-refractivity contribution in [2.45, 2.75) is 46.2 Å². The number of carboxylic acids is 1. The van der Waals surface area contributed by atoms with E-state index in [1.807, 2.05) is 32.8 Å². The second-order valence-corrected chi connectivity index (χ2v) is 5.79. The smallest absolute Gasteiger partial charge is 0.329 e. The molecule has 1 atom stereocenters. The molecule has 6 nitrogen and oxygen atoms in total. The molecule has 0 aliphatic heterocycles. The standard InChI is InChI=1S/C14H29N3O3/c1-8-16(11(3)10-15(6)7)13(20)17(9-2)14(4,5)12(18)19/h11H,8-10H2,1-7H3,(H,18,19). The molecule has 0 heterocycles. The Morgan fingerprint density at radius 1 is 1.15 bits per heavy atom. The van der Waals surface area contributed by atoms with E-state index in [1.54, 1.807) is 25.7 Å². The fourth-order valence-corrected chi connectivity index (χ4v) is 2.30. The van der Waals surface area contributed by atoms with Crippen molar-refractivity contribution in [3.63, 3.8) is 0 Å². The van der Waals surface area contributed by atoms with Gasteiger partial charge in [-0.1, -0.05) is 0 Å². The molecule has 0 saturated heterocycles. The van der Waals surface area contributed by atoms with Crippen molar-refractivity contribution >= 4 is 12.0 Å². The molecule has 0 aromatic heterocycles. The molecule has 6 heteroatoms. The summed E-state index contributed by atoms with van der Waals surface area (Å²) in [5, 5.41) is 9.31. The van der Waals surface area contributed by atoms with Crippen LogP contribution < -0.4 is 0 Å². The first-order valence-electron chi connectivity index (χ1n) is 7.05. The lowest BCUT2D eigenvalue weighted by atomic mass is 10.0. The minimum Gasteiger partial charge on any atom is -0.480 e. The number of nitrogens with zero attached hydrogens (tertiary/aromatic N) is 3. The van der Waals surface area contributed by atoms with Gasteiger partial charge in [0.2, 0.25) is 0 Å². The average Bonchev–Trinajstić information content (AvgIpc) is 2.28. The molecule has 0 aromatic rings. The van der Waals surface area contributed by atoms with Gasteiger partial charge in [0, 0.05) is 25.7 Å². The third-order valence-corrected chi connectivity index (χ3v) is 3.49. The van der Waals surface area contributed by atoms with Crippen molar-refractivity contribution < 1.29 is 14.7 Å². The average molecular weight is 287 g/mol. The minimum atomic E-state index is -1.21. The Morgan fingerprint density at radius 2 is 1.65 bits per heavy atom. The van der Waals surface area contributed by atoms with Gasteiger partial charge in [-0.2, -0.15) is 0 Å². The normalized spacial score (nSPS) is 13.2. The van der Waals surface area contributed by atoms with Crippen molar-refractivity contribution in [1.82, 2.24) is 14.7 Å². The highest BCUT2D eigenvalue weighted by molar-refractivity contribution is 5.85. The maximum Gasteiger partial charge on any atom is 0.329 e. The van der Waals surface area contributed by atoms with Gasteiger partial charge in [-0.25, -0.2) is 9.59 Å². The van der Waals surface area contributed by atoms with E-state index in [1.165, 1.54) is 4.90 Å². The summed E-state index contributed by atoms with van der Waals surface area (Å²) in [4.78, 5) is 29.2. The highest BCUT2D eigenvalue weighted by atomic mass is 16.4. The van der Waals surface area contributed by atoms with Crippen LogP contribution in [0.2, 0.25) is 0 Å². The molecular formula is C14H29N3O3. The van der Waals surface area contributed by atoms with Crippen molar-refractivity contribution in [2.75, 3.05) is 33.7 Å². The lowest BCUT2D eigenvalue weighted by Crippen LogP contribution is -2.59. The van der Waals surface area contributed by atoms with Gasteiger partial charge in [0.05, 0.1) is 0 Å². The summed E-state index contributed by atoms with van der Waals surface area (Å²) in [5.41, 5.74) is -1.21. The second kappa shape index (κ2) is 7.47. The SMILES string of the molecule is CCN(C(=O)N(CC)C(C)(C)C(=O)O)C(C)CN(C)C. The highest BCUT2D eigenvalue weighted by Gasteiger charge is 2.39. The molecule has 1 unspecified atom stereocenters. The van der Waals surface area contributed by atoms with E-state index < -0.39 is 11.5 Å². The third-order valence-electron chi connectivity index (χ3n) is 3.49. The maximum absolute atomic E-state index is 12.6. The fourth-order valence-electron chi connectivity index (χ4n) is 2.30. The number of urea groups is 1. The van der Waals surface area contributed by atoms with E-state index in [-0.39, 0.29) is 12.1 Å². The Hall–Kier alpha value is -1.30. The number of carbonyl (C=O) groups excluding carboxylic acids is 1. The van der Waals surface area contributed by atoms with Gasteiger partial charge in [0.1, 0.15) is 5.54 Å². The van der Waals surface area contributed by atoms with Crippen LogP contribution in [0.4, 0.5) is 4.79 Å². The summed E-state index contributed by atoms with van der Waals surface area (Å²) in [5.74, 6) is -0.996. The molecule has 0 saturated carbocycles. The summed E-state index contributed by atoms with van der Waals surface area (Å²) in [6.07, 6.45) is 0. The van der Waals surface area contributed by atoms with Crippen LogP contribution in [0, 0.1) is 0 Å². The van der Waals surface area contributed by atoms with E-state index in [2.05, 4.69) is 0 Å². The number of hydrogen-bond acceptors (Lipinski definition) is 3. The fraction of sp³-hybridized carbons (Fsp3) is 0.857. The molecule has 0 rings (SSSR count). The number of carbonyl (C=O) groups is 2. The zero-order valence-electron chi connectivity index (χ0n) is 13.8. The van der Waals surface area contributed by atoms with E-state index >= 15 is 0 Å². The van der Waals surface area contributed by atoms with Gasteiger partial charge in [0.15, 0.2) is 0 Å². The topological polar surface area (TPSA) is 64.1 Å². The highest BCUT2D eigenvalue weighted by Crippen LogP contribution is 2.18. The van der Waals surface area contributed by atoms with Crippen LogP contribution in [0.25, 0.3) is 0 Å². The molecular weight excluding hydrogens is 258 g/mol. The number of amides is 2. The molecule has 1 N–H and O–H groups in total. The number of carboxylic acid groups (broad SMARTS) is 1. The zero-order valence-corrected chi connectivity index (χ0v) is 13.8. The van der Waals surface area contributed by atoms with Crippen molar-refractivity contribution in [3.8, 4) is 0 Å². The number of likely N-dealkylation sites (N-methyl/N-ethyl adjacent to an activating group) is 3. The lowest BCUT2D eigenvalue weighted by Gasteiger charge is -2.40. The summed E-state index contributed by atoms with van der Waals surface area (Å²) in [6, 6.07) is -0.196. The van der Waals surface area contributed by atoms with Crippen LogP contribution in [0.5, 0.6) is 0 Å². The molecule has 0 aliphatic rings. The molecule has 0 aromatic carbocycles. The Bertz CT molecular complexity index is 343. The van der Waals surface area contributed by atoms with E-state index in [4.69, 9.17) is 0 Å². The monoisotopic (exact) mass is 287 g/mol. The van der Waals surface area contributed by atoms with Crippen LogP contribution in [0.15, 0.2) is 0 Å². The van der Waals surface area contributed by atoms with E-state index in [0.717, 1.165) is 6.54 Å². The quantitative estimate of drug-likeness (QED) is 0.772. The van der Waals surface area contributed by atoms with Gasteiger partial charge >= 0.3 is 12.0 Å². The molecule has 2 amide bonds. The van der Waals surface area contributed by atoms with E-state index in [0.29, 0.717) is 13.1 Å². The molecule has 0 bridgehead atoms. The Morgan fingerprint density at radius 3 is 1.95 bits per heavy atom. The molecule has 0 aliphatic carbocycles. The van der Waals surface area contributed by atoms with Crippen molar-refractivity contribution in [3.05, 3.63) is 0 Å². The largest absolute Gasteiger partial charge is 0.480 e. The van der Waals surface area contributed by atoms with Crippen LogP contribution >= 0.6 is 0 Å². The predicted octanol–water partition coefficient (Wildman–Crippen LogP) is 1.56. The summed E-state index contributed by atoms with van der Waals surface area (Å²) < 4.78 is 0. The van der Waals surface area contributed by atoms with Crippen LogP contribution in [0.1, 0.15) is 34.6 Å². The second-order valence-electron chi connectivity index (χ2n) is 5.79. The zero-order chi connectivity index (χ0) is 16.1. The Balaban J connectivity index is 5.19. The van der Waals surface area contributed by atoms with Gasteiger partial charge in [0.25, 0.3) is 0 Å². The van der Waals surface area contributed by atoms with Crippen LogP contribution in [-0.4, -0.2) is 77.1 Å². The van der Waals surface area contributed by atoms with Crippen molar-refractivity contribution in [2.24, 2.45) is 0 Å². The van der Waals surface area contributed by atoms with Crippen molar-refractivity contribution in [1.29, 1.82) is 0 Å². The molecule has 20 heavy (non-hydrogen) atoms. The Kier molecular flexibility index (Phi) is 6.99. The summed E-state index contributed by atoms with van der Waals surface area (Å²) in [6.45, 7) is 10.5. The summed E-state index contributed by atoms with van der Waals surface area (Å²) in [7, 11) is 3.90. The van der Waals surface area contributed by atoms with Crippen LogP contribution in [-0.2, 0) is 4.79 Å². The maximum atomic E-state index is 12.6. The molecule has 0 fully saturated rings. The molecule has 0 radical (unpaired) electrons. The first kappa shape index (κ1) is 18.7. The number of aliphatic carboxylic acids is 1. The molecule has 0 spiro atoms. The van der Waals surface area contributed by atoms with Gasteiger partial charge in [-0.3, -0.25) is 0 Å². The van der Waals surface area contributed by atoms with Gasteiger partial charge in [-0.15, -0.1) is 0 Å². The van der Waals surface area contributed by atoms with Gasteiger partial charge < -0.3 is 19.8 Å². The third kappa shape index (κ3) is 4.37. The first-order valence-corrected chi connectivity index (χ1v) is 7.05. The predicted molar refractivity (Wildman–Crippen MR) is 79.9 cm³/mol. The minimum absolute atomic E-state index is 0.0288. The molecule has 118 valence electrons. The lowest BCUT2D eigenvalue weighted by molar-refractivity contribution is -0.147. The first-order chi connectivity index (χ1) is 9.09. The number of hydrogen-bond donors (Lipinski definition) is 1. The van der Waals surface area contributed by atoms with E-state index in [9.17, 15) is 14.7 Å².